The number of benzene rings is 1. The molecule has 4 atom stereocenters. The van der Waals surface area contributed by atoms with Crippen molar-refractivity contribution in [1.82, 2.24) is 10.6 Å². The summed E-state index contributed by atoms with van der Waals surface area (Å²) in [4.78, 5) is 51.1. The summed E-state index contributed by atoms with van der Waals surface area (Å²) in [5, 5.41) is 18.3. The second-order valence-electron chi connectivity index (χ2n) is 11.2. The third kappa shape index (κ3) is 7.21. The number of ether oxygens (including phenoxy) is 3. The summed E-state index contributed by atoms with van der Waals surface area (Å²) >= 11 is 0. The first-order chi connectivity index (χ1) is 20.4. The summed E-state index contributed by atoms with van der Waals surface area (Å²) in [6.07, 6.45) is 1.67. The molecule has 11 heteroatoms. The van der Waals surface area contributed by atoms with Gasteiger partial charge in [-0.3, -0.25) is 14.4 Å². The van der Waals surface area contributed by atoms with Crippen molar-refractivity contribution >= 4 is 23.5 Å². The number of nitrogens with one attached hydrogen (secondary N) is 3. The van der Waals surface area contributed by atoms with Crippen LogP contribution in [0.2, 0.25) is 0 Å². The highest BCUT2D eigenvalue weighted by molar-refractivity contribution is 5.89. The summed E-state index contributed by atoms with van der Waals surface area (Å²) in [7, 11) is 4.58. The third-order valence-corrected chi connectivity index (χ3v) is 7.95. The van der Waals surface area contributed by atoms with Crippen LogP contribution >= 0.6 is 0 Å². The fraction of sp³-hybridized carbons (Fsp3) is 0.500. The number of carbonyl (C=O) groups is 3. The Morgan fingerprint density at radius 1 is 1.00 bits per heavy atom. The predicted octanol–water partition coefficient (Wildman–Crippen LogP) is 3.92. The average Bonchev–Trinajstić information content (AvgIpc) is 3.20. The van der Waals surface area contributed by atoms with Gasteiger partial charge in [0.1, 0.15) is 12.1 Å². The van der Waals surface area contributed by atoms with Crippen LogP contribution in [0.15, 0.2) is 29.1 Å². The molecule has 4 N–H and O–H groups in total. The van der Waals surface area contributed by atoms with Crippen molar-refractivity contribution in [3.63, 3.8) is 0 Å². The first kappa shape index (κ1) is 33.2. The van der Waals surface area contributed by atoms with Gasteiger partial charge < -0.3 is 35.3 Å². The van der Waals surface area contributed by atoms with E-state index in [-0.39, 0.29) is 28.9 Å². The molecule has 43 heavy (non-hydrogen) atoms. The zero-order chi connectivity index (χ0) is 32.0. The van der Waals surface area contributed by atoms with E-state index in [4.69, 9.17) is 14.2 Å². The maximum Gasteiger partial charge on any atom is 0.326 e. The van der Waals surface area contributed by atoms with Crippen LogP contribution < -0.4 is 35.6 Å². The van der Waals surface area contributed by atoms with Gasteiger partial charge in [0, 0.05) is 12.5 Å². The molecule has 2 aromatic carbocycles. The number of rotatable bonds is 12. The molecule has 0 unspecified atom stereocenters. The largest absolute Gasteiger partial charge is 0.493 e. The van der Waals surface area contributed by atoms with Crippen molar-refractivity contribution in [3.05, 3.63) is 45.6 Å². The molecule has 0 bridgehead atoms. The smallest absolute Gasteiger partial charge is 0.326 e. The Kier molecular flexibility index (Phi) is 11.0. The van der Waals surface area contributed by atoms with E-state index in [1.807, 2.05) is 19.9 Å². The van der Waals surface area contributed by atoms with E-state index >= 15 is 0 Å². The van der Waals surface area contributed by atoms with Gasteiger partial charge >= 0.3 is 5.97 Å². The van der Waals surface area contributed by atoms with Crippen molar-refractivity contribution in [3.8, 4) is 28.4 Å². The van der Waals surface area contributed by atoms with Gasteiger partial charge in [0.15, 0.2) is 11.5 Å². The number of amides is 2. The number of anilines is 1. The molecule has 3 rings (SSSR count). The number of methoxy groups -OCH3 is 3. The fourth-order valence-electron chi connectivity index (χ4n) is 5.45. The molecule has 0 saturated carbocycles. The Balaban J connectivity index is 2.23. The van der Waals surface area contributed by atoms with Crippen LogP contribution in [0, 0.1) is 11.8 Å². The molecule has 2 amide bonds. The van der Waals surface area contributed by atoms with Crippen LogP contribution in [0.1, 0.15) is 64.6 Å². The van der Waals surface area contributed by atoms with Gasteiger partial charge in [0.05, 0.1) is 33.1 Å². The quantitative estimate of drug-likeness (QED) is 0.285. The first-order valence-electron chi connectivity index (χ1n) is 14.5. The minimum Gasteiger partial charge on any atom is -0.493 e. The number of aryl methyl sites for hydroxylation is 1. The Hall–Kier alpha value is -4.28. The Morgan fingerprint density at radius 3 is 2.21 bits per heavy atom. The molecule has 11 nitrogen and oxygen atoms in total. The first-order valence-corrected chi connectivity index (χ1v) is 14.5. The van der Waals surface area contributed by atoms with Crippen LogP contribution in [0.4, 0.5) is 5.69 Å². The number of hydrogen-bond donors (Lipinski definition) is 4. The predicted molar refractivity (Wildman–Crippen MR) is 164 cm³/mol. The van der Waals surface area contributed by atoms with Crippen molar-refractivity contribution < 1.29 is 33.7 Å². The SMILES string of the molecule is CC[C@@H](C)[C@@H](Nc1ccc2c(cc1=O)[C@H](NC(C)=O)CCc1cc(OC)c(OC)c(OC)c1-2)C(=O)N[C@@H](C(=O)O)C(C)C. The molecule has 1 aliphatic carbocycles. The van der Waals surface area contributed by atoms with E-state index in [1.165, 1.54) is 27.2 Å². The second-order valence-corrected chi connectivity index (χ2v) is 11.2. The van der Waals surface area contributed by atoms with Crippen LogP contribution in [0.3, 0.4) is 0 Å². The molecule has 2 aromatic rings. The van der Waals surface area contributed by atoms with Crippen molar-refractivity contribution in [1.29, 1.82) is 0 Å². The summed E-state index contributed by atoms with van der Waals surface area (Å²) in [6.45, 7) is 8.63. The molecular formula is C32H43N3O8. The summed E-state index contributed by atoms with van der Waals surface area (Å²) in [6, 6.07) is 4.29. The van der Waals surface area contributed by atoms with Gasteiger partial charge in [-0.05, 0) is 59.6 Å². The molecule has 234 valence electrons. The van der Waals surface area contributed by atoms with E-state index in [0.29, 0.717) is 53.2 Å². The summed E-state index contributed by atoms with van der Waals surface area (Å²) in [5.74, 6) is -1.13. The molecule has 1 aliphatic rings. The Bertz CT molecular complexity index is 1420. The van der Waals surface area contributed by atoms with Crippen molar-refractivity contribution in [2.24, 2.45) is 11.8 Å². The normalized spacial score (nSPS) is 16.0. The van der Waals surface area contributed by atoms with Crippen LogP contribution in [0.5, 0.6) is 17.2 Å². The highest BCUT2D eigenvalue weighted by atomic mass is 16.5. The molecule has 0 aromatic heterocycles. The van der Waals surface area contributed by atoms with Gasteiger partial charge in [-0.2, -0.15) is 0 Å². The van der Waals surface area contributed by atoms with E-state index < -0.39 is 30.0 Å². The second kappa shape index (κ2) is 14.3. The minimum absolute atomic E-state index is 0.160. The number of carbonyl (C=O) groups excluding carboxylic acids is 2. The van der Waals surface area contributed by atoms with E-state index in [0.717, 1.165) is 5.56 Å². The van der Waals surface area contributed by atoms with E-state index in [9.17, 15) is 24.3 Å². The topological polar surface area (TPSA) is 152 Å². The van der Waals surface area contributed by atoms with Gasteiger partial charge in [-0.25, -0.2) is 4.79 Å². The molecule has 0 fully saturated rings. The lowest BCUT2D eigenvalue weighted by Gasteiger charge is -2.27. The van der Waals surface area contributed by atoms with Crippen molar-refractivity contribution in [2.75, 3.05) is 26.6 Å². The number of hydrogen-bond acceptors (Lipinski definition) is 8. The van der Waals surface area contributed by atoms with Gasteiger partial charge in [0.2, 0.25) is 23.0 Å². The lowest BCUT2D eigenvalue weighted by atomic mass is 9.95. The third-order valence-electron chi connectivity index (χ3n) is 7.95. The maximum atomic E-state index is 13.8. The molecule has 0 saturated heterocycles. The number of carboxylic acid groups (broad SMARTS) is 1. The van der Waals surface area contributed by atoms with Crippen LogP contribution in [0.25, 0.3) is 11.1 Å². The molecule has 0 spiro atoms. The highest BCUT2D eigenvalue weighted by Crippen LogP contribution is 2.50. The van der Waals surface area contributed by atoms with Crippen LogP contribution in [-0.4, -0.2) is 56.3 Å². The number of fused-ring (bicyclic) bond motifs is 3. The highest BCUT2D eigenvalue weighted by Gasteiger charge is 2.32. The monoisotopic (exact) mass is 597 g/mol. The zero-order valence-electron chi connectivity index (χ0n) is 26.1. The molecule has 0 aliphatic heterocycles. The Morgan fingerprint density at radius 2 is 1.67 bits per heavy atom. The lowest BCUT2D eigenvalue weighted by Crippen LogP contribution is -2.52. The van der Waals surface area contributed by atoms with Gasteiger partial charge in [-0.15, -0.1) is 0 Å². The summed E-state index contributed by atoms with van der Waals surface area (Å²) < 4.78 is 17.0. The van der Waals surface area contributed by atoms with E-state index in [2.05, 4.69) is 16.0 Å². The standard InChI is InChI=1S/C32H43N3O8/c1-9-17(4)28(31(38)35-27(16(2)3)32(39)40)34-23-13-11-20-21(15-24(23)37)22(33-18(5)36)12-10-19-14-25(41-6)29(42-7)30(43-8)26(19)20/h11,13-17,22,27-28H,9-10,12H2,1-8H3,(H,33,36)(H,34,37)(H,35,38)(H,39,40)/t17-,22-,27-,28-/m1/s1. The average molecular weight is 598 g/mol. The minimum atomic E-state index is -1.13. The summed E-state index contributed by atoms with van der Waals surface area (Å²) in [5.41, 5.74) is 2.62. The van der Waals surface area contributed by atoms with Crippen molar-refractivity contribution in [2.45, 2.75) is 72.0 Å². The molecule has 0 heterocycles. The lowest BCUT2D eigenvalue weighted by molar-refractivity contribution is -0.143. The maximum absolute atomic E-state index is 13.8. The molecule has 0 radical (unpaired) electrons. The Labute approximate surface area is 252 Å². The number of aliphatic carboxylic acids is 1. The van der Waals surface area contributed by atoms with Gasteiger partial charge in [-0.1, -0.05) is 40.2 Å². The van der Waals surface area contributed by atoms with E-state index in [1.54, 1.807) is 33.1 Å². The zero-order valence-corrected chi connectivity index (χ0v) is 26.1. The molecular weight excluding hydrogens is 554 g/mol. The fourth-order valence-corrected chi connectivity index (χ4v) is 5.45. The number of carboxylic acids is 1. The van der Waals surface area contributed by atoms with Crippen LogP contribution in [-0.2, 0) is 20.8 Å². The van der Waals surface area contributed by atoms with Gasteiger partial charge in [0.25, 0.3) is 0 Å².